The lowest BCUT2D eigenvalue weighted by Gasteiger charge is -2.55. The molecule has 5 aliphatic rings. The van der Waals surface area contributed by atoms with Crippen LogP contribution in [0, 0.1) is 17.2 Å². The quantitative estimate of drug-likeness (QED) is 0.466. The highest BCUT2D eigenvalue weighted by Gasteiger charge is 2.51. The summed E-state index contributed by atoms with van der Waals surface area (Å²) in [4.78, 5) is 19.2. The van der Waals surface area contributed by atoms with Crippen LogP contribution in [0.25, 0.3) is 0 Å². The van der Waals surface area contributed by atoms with E-state index in [0.717, 1.165) is 51.6 Å². The Balaban J connectivity index is 1.23. The third kappa shape index (κ3) is 5.17. The van der Waals surface area contributed by atoms with Gasteiger partial charge in [-0.25, -0.2) is 0 Å². The molecule has 3 heterocycles. The maximum Gasteiger partial charge on any atom is 0.246 e. The van der Waals surface area contributed by atoms with Gasteiger partial charge in [0.25, 0.3) is 0 Å². The van der Waals surface area contributed by atoms with Crippen LogP contribution in [0.5, 0.6) is 5.75 Å². The summed E-state index contributed by atoms with van der Waals surface area (Å²) in [6.45, 7) is 7.49. The number of piperazine rings is 1. The average Bonchev–Trinajstić information content (AvgIpc) is 3.53. The highest BCUT2D eigenvalue weighted by molar-refractivity contribution is 5.87. The minimum atomic E-state index is -0.261. The summed E-state index contributed by atoms with van der Waals surface area (Å²) in [5.74, 6) is 0.641. The number of likely N-dealkylation sites (tertiary alicyclic amines) is 1. The monoisotopic (exact) mass is 548 g/mol. The zero-order valence-corrected chi connectivity index (χ0v) is 23.7. The first-order valence-corrected chi connectivity index (χ1v) is 15.1. The Labute approximate surface area is 238 Å². The molecule has 1 aromatic carbocycles. The van der Waals surface area contributed by atoms with E-state index in [1.165, 1.54) is 23.6 Å². The van der Waals surface area contributed by atoms with E-state index in [0.29, 0.717) is 43.8 Å². The molecule has 216 valence electrons. The van der Waals surface area contributed by atoms with E-state index in [1.54, 1.807) is 0 Å². The number of amides is 1. The zero-order valence-electron chi connectivity index (χ0n) is 23.7. The Bertz CT molecular complexity index is 1150. The molecule has 9 heteroatoms. The fourth-order valence-electron chi connectivity index (χ4n) is 8.35. The van der Waals surface area contributed by atoms with E-state index < -0.39 is 0 Å². The number of carbonyl (C=O) groups is 1. The lowest BCUT2D eigenvalue weighted by Crippen LogP contribution is -2.72. The van der Waals surface area contributed by atoms with Crippen molar-refractivity contribution in [3.05, 3.63) is 42.0 Å². The van der Waals surface area contributed by atoms with Gasteiger partial charge < -0.3 is 19.6 Å². The maximum absolute atomic E-state index is 12.5. The van der Waals surface area contributed by atoms with Crippen molar-refractivity contribution in [1.29, 1.82) is 5.26 Å². The molecule has 40 heavy (non-hydrogen) atoms. The van der Waals surface area contributed by atoms with Crippen LogP contribution < -0.4 is 10.6 Å². The molecule has 1 saturated carbocycles. The van der Waals surface area contributed by atoms with Crippen molar-refractivity contribution in [2.45, 2.75) is 87.4 Å². The van der Waals surface area contributed by atoms with Gasteiger partial charge in [0.15, 0.2) is 6.35 Å². The van der Waals surface area contributed by atoms with Gasteiger partial charge in [-0.05, 0) is 93.3 Å². The van der Waals surface area contributed by atoms with Gasteiger partial charge in [0, 0.05) is 37.6 Å². The number of hydrogen-bond acceptors (Lipinski definition) is 8. The number of benzene rings is 1. The van der Waals surface area contributed by atoms with Crippen LogP contribution in [0.15, 0.2) is 30.9 Å². The number of phenolic OH excluding ortho intramolecular Hbond substituents is 1. The first-order valence-electron chi connectivity index (χ1n) is 15.1. The van der Waals surface area contributed by atoms with Crippen molar-refractivity contribution in [2.75, 3.05) is 39.8 Å². The summed E-state index contributed by atoms with van der Waals surface area (Å²) in [6, 6.07) is 8.79. The van der Waals surface area contributed by atoms with Gasteiger partial charge >= 0.3 is 0 Å². The molecule has 0 radical (unpaired) electrons. The topological polar surface area (TPSA) is 104 Å². The molecular formula is C31H44N6O3. The second-order valence-electron chi connectivity index (χ2n) is 12.6. The van der Waals surface area contributed by atoms with Gasteiger partial charge in [0.1, 0.15) is 5.75 Å². The molecular weight excluding hydrogens is 504 g/mol. The first kappa shape index (κ1) is 27.7. The van der Waals surface area contributed by atoms with Gasteiger partial charge in [-0.1, -0.05) is 12.6 Å². The largest absolute Gasteiger partial charge is 0.508 e. The number of aryl methyl sites for hydroxylation is 1. The molecule has 4 fully saturated rings. The highest BCUT2D eigenvalue weighted by Crippen LogP contribution is 2.52. The zero-order chi connectivity index (χ0) is 27.9. The average molecular weight is 549 g/mol. The van der Waals surface area contributed by atoms with Gasteiger partial charge in [0.05, 0.1) is 31.3 Å². The van der Waals surface area contributed by atoms with E-state index in [1.807, 2.05) is 17.0 Å². The molecule has 1 aromatic rings. The number of fused-ring (bicyclic) bond motifs is 3. The van der Waals surface area contributed by atoms with Crippen LogP contribution in [0.2, 0.25) is 0 Å². The van der Waals surface area contributed by atoms with E-state index in [4.69, 9.17) is 4.74 Å². The van der Waals surface area contributed by atoms with Crippen molar-refractivity contribution in [3.8, 4) is 11.8 Å². The molecule has 3 aliphatic heterocycles. The van der Waals surface area contributed by atoms with Crippen LogP contribution >= 0.6 is 0 Å². The predicted octanol–water partition coefficient (Wildman–Crippen LogP) is 2.27. The van der Waals surface area contributed by atoms with Crippen LogP contribution in [-0.2, 0) is 21.4 Å². The molecule has 4 unspecified atom stereocenters. The lowest BCUT2D eigenvalue weighted by molar-refractivity contribution is -0.136. The Morgan fingerprint density at radius 2 is 2.12 bits per heavy atom. The fourth-order valence-corrected chi connectivity index (χ4v) is 8.35. The number of nitrogens with one attached hydrogen (secondary N) is 2. The van der Waals surface area contributed by atoms with Gasteiger partial charge in [-0.2, -0.15) is 5.26 Å². The van der Waals surface area contributed by atoms with Crippen molar-refractivity contribution in [3.63, 3.8) is 0 Å². The lowest BCUT2D eigenvalue weighted by atomic mass is 9.64. The number of hydrogen-bond donors (Lipinski definition) is 3. The molecule has 0 bridgehead atoms. The first-order chi connectivity index (χ1) is 19.4. The number of carbonyl (C=O) groups excluding carboxylic acids is 1. The molecule has 1 spiro atoms. The summed E-state index contributed by atoms with van der Waals surface area (Å²) >= 11 is 0. The van der Waals surface area contributed by atoms with Crippen molar-refractivity contribution < 1.29 is 14.6 Å². The molecule has 1 amide bonds. The molecule has 9 nitrogen and oxygen atoms in total. The third-order valence-electron chi connectivity index (χ3n) is 10.5. The normalized spacial score (nSPS) is 36.2. The summed E-state index contributed by atoms with van der Waals surface area (Å²) in [7, 11) is 2.18. The Morgan fingerprint density at radius 3 is 2.90 bits per heavy atom. The van der Waals surface area contributed by atoms with Gasteiger partial charge in [-0.15, -0.1) is 0 Å². The highest BCUT2D eigenvalue weighted by atomic mass is 16.5. The number of likely N-dealkylation sites (N-methyl/N-ethyl adjacent to an activating group) is 1. The Morgan fingerprint density at radius 1 is 1.25 bits per heavy atom. The molecule has 3 N–H and O–H groups in total. The summed E-state index contributed by atoms with van der Waals surface area (Å²) in [5, 5.41) is 27.5. The maximum atomic E-state index is 12.5. The molecule has 6 rings (SSSR count). The standard InChI is InChI=1S/C31H44N6O3/c1-3-28(39)37-16-15-36(19-22(37)10-13-32)29-25-9-12-31(11-8-21-6-7-24(38)17-26(21)31)18-27(25)33-30(34-29)40-20-23-5-4-14-35(23)2/h3,6-7,17,22-23,25,27,29-30,33-34,38H,1,4-5,8-12,14-16,18-20H2,2H3/t22-,23-,25?,27?,29?,30?,31-/m0/s1. The van der Waals surface area contributed by atoms with Gasteiger partial charge in [0.2, 0.25) is 5.91 Å². The Kier molecular flexibility index (Phi) is 7.90. The summed E-state index contributed by atoms with van der Waals surface area (Å²) < 4.78 is 6.54. The Hall–Kier alpha value is -2.48. The number of nitrogens with zero attached hydrogens (tertiary/aromatic N) is 4. The van der Waals surface area contributed by atoms with Crippen LogP contribution in [0.3, 0.4) is 0 Å². The number of rotatable bonds is 6. The fraction of sp³-hybridized carbons (Fsp3) is 0.677. The number of nitriles is 1. The summed E-state index contributed by atoms with van der Waals surface area (Å²) in [6.07, 6.45) is 9.26. The molecule has 2 aliphatic carbocycles. The number of ether oxygens (including phenoxy) is 1. The number of aromatic hydroxyl groups is 1. The van der Waals surface area contributed by atoms with Crippen molar-refractivity contribution in [2.24, 2.45) is 5.92 Å². The van der Waals surface area contributed by atoms with Crippen LogP contribution in [0.1, 0.15) is 56.1 Å². The molecule has 0 aromatic heterocycles. The minimum absolute atomic E-state index is 0.0821. The predicted molar refractivity (Wildman–Crippen MR) is 152 cm³/mol. The van der Waals surface area contributed by atoms with Crippen molar-refractivity contribution in [1.82, 2.24) is 25.3 Å². The second-order valence-corrected chi connectivity index (χ2v) is 12.6. The SMILES string of the molecule is C=CC(=O)N1CCN(C2NC(OC[C@@H]3CCCN3C)NC3C[C@]4(CCc5ccc(O)cc54)CCC32)C[C@@H]1CC#N. The van der Waals surface area contributed by atoms with E-state index in [-0.39, 0.29) is 35.9 Å². The van der Waals surface area contributed by atoms with Gasteiger partial charge in [-0.3, -0.25) is 20.3 Å². The second kappa shape index (κ2) is 11.4. The van der Waals surface area contributed by atoms with Crippen LogP contribution in [-0.4, -0.2) is 96.2 Å². The smallest absolute Gasteiger partial charge is 0.246 e. The summed E-state index contributed by atoms with van der Waals surface area (Å²) in [5.41, 5.74) is 2.79. The third-order valence-corrected chi connectivity index (χ3v) is 10.5. The minimum Gasteiger partial charge on any atom is -0.508 e. The van der Waals surface area contributed by atoms with Crippen LogP contribution in [0.4, 0.5) is 0 Å². The van der Waals surface area contributed by atoms with E-state index in [9.17, 15) is 15.2 Å². The van der Waals surface area contributed by atoms with E-state index >= 15 is 0 Å². The molecule has 3 saturated heterocycles. The van der Waals surface area contributed by atoms with E-state index in [2.05, 4.69) is 46.2 Å². The van der Waals surface area contributed by atoms with Crippen molar-refractivity contribution >= 4 is 5.91 Å². The molecule has 7 atom stereocenters. The number of phenols is 1.